The molecule has 1 aliphatic heterocycles. The fraction of sp³-hybridized carbons (Fsp3) is 0.174. The minimum absolute atomic E-state index is 0.0525. The Hall–Kier alpha value is -3.67. The van der Waals surface area contributed by atoms with Gasteiger partial charge in [-0.2, -0.15) is 0 Å². The summed E-state index contributed by atoms with van der Waals surface area (Å²) >= 11 is 0. The van der Waals surface area contributed by atoms with Gasteiger partial charge in [-0.3, -0.25) is 14.6 Å². The monoisotopic (exact) mass is 387 g/mol. The predicted molar refractivity (Wildman–Crippen MR) is 110 cm³/mol. The number of ether oxygens (including phenoxy) is 1. The molecule has 1 fully saturated rings. The number of aromatic nitrogens is 1. The van der Waals surface area contributed by atoms with E-state index >= 15 is 0 Å². The smallest absolute Gasteiger partial charge is 0.227 e. The molecule has 1 saturated heterocycles. The molecule has 1 N–H and O–H groups in total. The number of nitrogens with one attached hydrogen (secondary N) is 1. The van der Waals surface area contributed by atoms with E-state index in [2.05, 4.69) is 10.3 Å². The first-order valence-corrected chi connectivity index (χ1v) is 9.49. The lowest BCUT2D eigenvalue weighted by molar-refractivity contribution is -0.126. The van der Waals surface area contributed by atoms with Gasteiger partial charge in [-0.1, -0.05) is 24.3 Å². The maximum atomic E-state index is 12.5. The van der Waals surface area contributed by atoms with Crippen LogP contribution in [0.3, 0.4) is 0 Å². The molecule has 29 heavy (non-hydrogen) atoms. The largest absolute Gasteiger partial charge is 0.457 e. The van der Waals surface area contributed by atoms with Gasteiger partial charge in [0, 0.05) is 37.6 Å². The Labute approximate surface area is 169 Å². The Morgan fingerprint density at radius 1 is 1.03 bits per heavy atom. The van der Waals surface area contributed by atoms with Crippen molar-refractivity contribution in [3.05, 3.63) is 84.7 Å². The van der Waals surface area contributed by atoms with Crippen LogP contribution in [0.2, 0.25) is 0 Å². The molecule has 0 bridgehead atoms. The fourth-order valence-corrected chi connectivity index (χ4v) is 3.29. The van der Waals surface area contributed by atoms with Gasteiger partial charge in [0.05, 0.1) is 5.92 Å². The van der Waals surface area contributed by atoms with Crippen LogP contribution in [0.15, 0.2) is 79.1 Å². The Bertz CT molecular complexity index is 975. The first-order valence-electron chi connectivity index (χ1n) is 9.49. The molecular weight excluding hydrogens is 366 g/mol. The minimum atomic E-state index is -0.362. The lowest BCUT2D eigenvalue weighted by Crippen LogP contribution is -2.32. The SMILES string of the molecule is O=C(NCc1cccnc1)C1CC(=O)N(c2ccc(Oc3ccccc3)cc2)C1. The highest BCUT2D eigenvalue weighted by molar-refractivity contribution is 6.00. The molecule has 6 nitrogen and oxygen atoms in total. The summed E-state index contributed by atoms with van der Waals surface area (Å²) in [5.74, 6) is 0.914. The molecular formula is C23H21N3O3. The average Bonchev–Trinajstić information content (AvgIpc) is 3.16. The van der Waals surface area contributed by atoms with Gasteiger partial charge < -0.3 is 15.0 Å². The molecule has 0 saturated carbocycles. The van der Waals surface area contributed by atoms with Gasteiger partial charge in [0.25, 0.3) is 0 Å². The van der Waals surface area contributed by atoms with Crippen molar-refractivity contribution in [3.8, 4) is 11.5 Å². The molecule has 0 aliphatic carbocycles. The van der Waals surface area contributed by atoms with Crippen LogP contribution in [0, 0.1) is 5.92 Å². The number of rotatable bonds is 6. The summed E-state index contributed by atoms with van der Waals surface area (Å²) in [7, 11) is 0. The van der Waals surface area contributed by atoms with E-state index in [0.717, 1.165) is 17.0 Å². The van der Waals surface area contributed by atoms with E-state index in [1.807, 2.05) is 66.7 Å². The summed E-state index contributed by atoms with van der Waals surface area (Å²) in [6.07, 6.45) is 3.61. The first-order chi connectivity index (χ1) is 14.2. The van der Waals surface area contributed by atoms with Crippen LogP contribution < -0.4 is 15.0 Å². The van der Waals surface area contributed by atoms with Crippen molar-refractivity contribution in [2.75, 3.05) is 11.4 Å². The van der Waals surface area contributed by atoms with Crippen LogP contribution in [-0.4, -0.2) is 23.3 Å². The van der Waals surface area contributed by atoms with E-state index in [-0.39, 0.29) is 24.2 Å². The summed E-state index contributed by atoms with van der Waals surface area (Å²) in [6, 6.07) is 20.6. The summed E-state index contributed by atoms with van der Waals surface area (Å²) in [6.45, 7) is 0.777. The van der Waals surface area contributed by atoms with Gasteiger partial charge in [-0.05, 0) is 48.0 Å². The van der Waals surface area contributed by atoms with Crippen LogP contribution in [0.4, 0.5) is 5.69 Å². The first kappa shape index (κ1) is 18.7. The topological polar surface area (TPSA) is 71.5 Å². The maximum Gasteiger partial charge on any atom is 0.227 e. The van der Waals surface area contributed by atoms with Crippen LogP contribution in [0.1, 0.15) is 12.0 Å². The fourth-order valence-electron chi connectivity index (χ4n) is 3.29. The van der Waals surface area contributed by atoms with E-state index in [4.69, 9.17) is 4.74 Å². The number of benzene rings is 2. The van der Waals surface area contributed by atoms with Gasteiger partial charge in [0.2, 0.25) is 11.8 Å². The van der Waals surface area contributed by atoms with E-state index in [0.29, 0.717) is 18.8 Å². The molecule has 1 unspecified atom stereocenters. The molecule has 3 aromatic rings. The zero-order valence-electron chi connectivity index (χ0n) is 15.8. The molecule has 0 radical (unpaired) electrons. The van der Waals surface area contributed by atoms with Crippen LogP contribution in [0.25, 0.3) is 0 Å². The van der Waals surface area contributed by atoms with Crippen LogP contribution in [-0.2, 0) is 16.1 Å². The Morgan fingerprint density at radius 3 is 2.52 bits per heavy atom. The number of anilines is 1. The summed E-state index contributed by atoms with van der Waals surface area (Å²) < 4.78 is 5.78. The molecule has 6 heteroatoms. The number of hydrogen-bond donors (Lipinski definition) is 1. The number of para-hydroxylation sites is 1. The van der Waals surface area contributed by atoms with Crippen molar-refractivity contribution in [1.29, 1.82) is 0 Å². The predicted octanol–water partition coefficient (Wildman–Crippen LogP) is 3.54. The second-order valence-electron chi connectivity index (χ2n) is 6.89. The highest BCUT2D eigenvalue weighted by atomic mass is 16.5. The molecule has 2 amide bonds. The van der Waals surface area contributed by atoms with Gasteiger partial charge in [-0.15, -0.1) is 0 Å². The van der Waals surface area contributed by atoms with E-state index in [1.54, 1.807) is 17.3 Å². The van der Waals surface area contributed by atoms with Crippen molar-refractivity contribution >= 4 is 17.5 Å². The number of pyridine rings is 1. The van der Waals surface area contributed by atoms with Gasteiger partial charge in [0.15, 0.2) is 0 Å². The lowest BCUT2D eigenvalue weighted by atomic mass is 10.1. The van der Waals surface area contributed by atoms with Crippen molar-refractivity contribution in [3.63, 3.8) is 0 Å². The Balaban J connectivity index is 1.35. The average molecular weight is 387 g/mol. The minimum Gasteiger partial charge on any atom is -0.457 e. The molecule has 2 aromatic carbocycles. The number of carbonyl (C=O) groups is 2. The van der Waals surface area contributed by atoms with Crippen LogP contribution in [0.5, 0.6) is 11.5 Å². The van der Waals surface area contributed by atoms with Crippen molar-refractivity contribution in [1.82, 2.24) is 10.3 Å². The zero-order chi connectivity index (χ0) is 20.1. The number of amides is 2. The highest BCUT2D eigenvalue weighted by Gasteiger charge is 2.35. The molecule has 146 valence electrons. The molecule has 2 heterocycles. The van der Waals surface area contributed by atoms with Gasteiger partial charge >= 0.3 is 0 Å². The zero-order valence-corrected chi connectivity index (χ0v) is 15.8. The van der Waals surface area contributed by atoms with Crippen LogP contribution >= 0.6 is 0 Å². The van der Waals surface area contributed by atoms with E-state index in [1.165, 1.54) is 0 Å². The molecule has 0 spiro atoms. The normalized spacial score (nSPS) is 15.9. The third-order valence-electron chi connectivity index (χ3n) is 4.81. The van der Waals surface area contributed by atoms with Gasteiger partial charge in [-0.25, -0.2) is 0 Å². The third-order valence-corrected chi connectivity index (χ3v) is 4.81. The lowest BCUT2D eigenvalue weighted by Gasteiger charge is -2.17. The number of carbonyl (C=O) groups excluding carboxylic acids is 2. The molecule has 4 rings (SSSR count). The summed E-state index contributed by atoms with van der Waals surface area (Å²) in [5, 5.41) is 2.89. The maximum absolute atomic E-state index is 12.5. The quantitative estimate of drug-likeness (QED) is 0.702. The van der Waals surface area contributed by atoms with Crippen molar-refractivity contribution in [2.24, 2.45) is 5.92 Å². The molecule has 1 atom stereocenters. The summed E-state index contributed by atoms with van der Waals surface area (Å²) in [5.41, 5.74) is 1.69. The standard InChI is InChI=1S/C23H21N3O3/c27-22-13-18(23(28)25-15-17-5-4-12-24-14-17)16-26(22)19-8-10-21(11-9-19)29-20-6-2-1-3-7-20/h1-12,14,18H,13,15-16H2,(H,25,28). The third kappa shape index (κ3) is 4.60. The Morgan fingerprint density at radius 2 is 1.79 bits per heavy atom. The highest BCUT2D eigenvalue weighted by Crippen LogP contribution is 2.28. The van der Waals surface area contributed by atoms with E-state index in [9.17, 15) is 9.59 Å². The van der Waals surface area contributed by atoms with Gasteiger partial charge in [0.1, 0.15) is 11.5 Å². The van der Waals surface area contributed by atoms with E-state index < -0.39 is 0 Å². The number of hydrogen-bond acceptors (Lipinski definition) is 4. The second-order valence-corrected chi connectivity index (χ2v) is 6.89. The van der Waals surface area contributed by atoms with Crippen molar-refractivity contribution in [2.45, 2.75) is 13.0 Å². The number of nitrogens with zero attached hydrogens (tertiary/aromatic N) is 2. The molecule has 1 aromatic heterocycles. The summed E-state index contributed by atoms with van der Waals surface area (Å²) in [4.78, 5) is 30.6. The van der Waals surface area contributed by atoms with Crippen molar-refractivity contribution < 1.29 is 14.3 Å². The Kier molecular flexibility index (Phi) is 5.52. The molecule has 1 aliphatic rings. The second kappa shape index (κ2) is 8.56.